The summed E-state index contributed by atoms with van der Waals surface area (Å²) < 4.78 is 5.31. The Kier molecular flexibility index (Phi) is 5.26. The molecular weight excluding hydrogens is 318 g/mol. The van der Waals surface area contributed by atoms with Crippen molar-refractivity contribution in [1.82, 2.24) is 10.6 Å². The Balaban J connectivity index is 1.82. The van der Waals surface area contributed by atoms with Gasteiger partial charge >= 0.3 is 11.1 Å². The third-order valence-corrected chi connectivity index (χ3v) is 4.70. The maximum Gasteiger partial charge on any atom is 0.408 e. The molecule has 0 aromatic carbocycles. The number of hydrogen-bond acceptors (Lipinski definition) is 6. The molecule has 1 heterocycles. The van der Waals surface area contributed by atoms with E-state index in [-0.39, 0.29) is 15.5 Å². The van der Waals surface area contributed by atoms with Crippen LogP contribution in [0.15, 0.2) is 12.1 Å². The van der Waals surface area contributed by atoms with Gasteiger partial charge in [0.05, 0.1) is 10.5 Å². The van der Waals surface area contributed by atoms with Crippen LogP contribution in [0.1, 0.15) is 44.9 Å². The van der Waals surface area contributed by atoms with Crippen LogP contribution in [0.5, 0.6) is 0 Å². The van der Waals surface area contributed by atoms with E-state index in [1.54, 1.807) is 6.07 Å². The van der Waals surface area contributed by atoms with Crippen LogP contribution in [0.4, 0.5) is 9.80 Å². The first-order valence-electron chi connectivity index (χ1n) is 7.64. The number of thiophene rings is 1. The lowest BCUT2D eigenvalue weighted by molar-refractivity contribution is -0.380. The number of rotatable bonds is 6. The van der Waals surface area contributed by atoms with Gasteiger partial charge in [0.25, 0.3) is 0 Å². The molecule has 128 valence electrons. The van der Waals surface area contributed by atoms with Gasteiger partial charge in [-0.05, 0) is 46.1 Å². The Morgan fingerprint density at radius 3 is 2.61 bits per heavy atom. The van der Waals surface area contributed by atoms with E-state index >= 15 is 0 Å². The van der Waals surface area contributed by atoms with Crippen LogP contribution in [-0.4, -0.2) is 28.7 Å². The number of nitrogens with one attached hydrogen (secondary N) is 2. The van der Waals surface area contributed by atoms with Gasteiger partial charge in [-0.1, -0.05) is 11.3 Å². The summed E-state index contributed by atoms with van der Waals surface area (Å²) in [7, 11) is 0. The standard InChI is InChI=1S/C15H23N3O4S/c1-14(2,3)22-13(19)17-15(7-4-8-15)10-16-9-11-5-6-12(23-11)18(20)21/h5-6,16H,4,7-10H2,1-3H3,(H,17,19). The molecule has 23 heavy (non-hydrogen) atoms. The van der Waals surface area contributed by atoms with Crippen LogP contribution in [0, 0.1) is 10.1 Å². The van der Waals surface area contributed by atoms with Gasteiger partial charge in [0.15, 0.2) is 0 Å². The molecule has 2 N–H and O–H groups in total. The maximum atomic E-state index is 11.9. The Labute approximate surface area is 139 Å². The Morgan fingerprint density at radius 1 is 1.43 bits per heavy atom. The molecule has 2 rings (SSSR count). The summed E-state index contributed by atoms with van der Waals surface area (Å²) in [4.78, 5) is 23.1. The minimum atomic E-state index is -0.516. The van der Waals surface area contributed by atoms with Crippen molar-refractivity contribution < 1.29 is 14.5 Å². The topological polar surface area (TPSA) is 93.5 Å². The monoisotopic (exact) mass is 341 g/mol. The summed E-state index contributed by atoms with van der Waals surface area (Å²) in [6.07, 6.45) is 2.49. The van der Waals surface area contributed by atoms with Crippen LogP contribution in [0.25, 0.3) is 0 Å². The van der Waals surface area contributed by atoms with Gasteiger partial charge in [0, 0.05) is 24.0 Å². The number of alkyl carbamates (subject to hydrolysis) is 1. The molecule has 1 amide bonds. The van der Waals surface area contributed by atoms with Gasteiger partial charge in [-0.25, -0.2) is 4.79 Å². The van der Waals surface area contributed by atoms with Gasteiger partial charge < -0.3 is 15.4 Å². The number of hydrogen-bond donors (Lipinski definition) is 2. The number of carbonyl (C=O) groups is 1. The summed E-state index contributed by atoms with van der Waals surface area (Å²) in [5.41, 5.74) is -0.788. The first-order valence-corrected chi connectivity index (χ1v) is 8.46. The minimum absolute atomic E-state index is 0.145. The average Bonchev–Trinajstić information content (AvgIpc) is 2.82. The molecule has 0 bridgehead atoms. The van der Waals surface area contributed by atoms with Crippen molar-refractivity contribution in [3.05, 3.63) is 27.1 Å². The molecule has 0 aliphatic heterocycles. The number of nitrogens with zero attached hydrogens (tertiary/aromatic N) is 1. The van der Waals surface area contributed by atoms with E-state index in [0.717, 1.165) is 24.1 Å². The third kappa shape index (κ3) is 5.18. The zero-order chi connectivity index (χ0) is 17.1. The average molecular weight is 341 g/mol. The van der Waals surface area contributed by atoms with Crippen LogP contribution in [-0.2, 0) is 11.3 Å². The van der Waals surface area contributed by atoms with E-state index in [2.05, 4.69) is 10.6 Å². The lowest BCUT2D eigenvalue weighted by Crippen LogP contribution is -2.59. The van der Waals surface area contributed by atoms with Crippen LogP contribution < -0.4 is 10.6 Å². The molecular formula is C15H23N3O4S. The lowest BCUT2D eigenvalue weighted by atomic mass is 9.76. The number of carbonyl (C=O) groups excluding carboxylic acids is 1. The van der Waals surface area contributed by atoms with Crippen molar-refractivity contribution >= 4 is 22.4 Å². The third-order valence-electron chi connectivity index (χ3n) is 3.67. The molecule has 1 aliphatic rings. The number of amides is 1. The van der Waals surface area contributed by atoms with E-state index in [1.807, 2.05) is 20.8 Å². The minimum Gasteiger partial charge on any atom is -0.444 e. The van der Waals surface area contributed by atoms with Gasteiger partial charge in [-0.2, -0.15) is 0 Å². The van der Waals surface area contributed by atoms with E-state index in [0.29, 0.717) is 13.1 Å². The lowest BCUT2D eigenvalue weighted by Gasteiger charge is -2.42. The second-order valence-electron chi connectivity index (χ2n) is 6.86. The van der Waals surface area contributed by atoms with Crippen molar-refractivity contribution in [2.24, 2.45) is 0 Å². The summed E-state index contributed by atoms with van der Waals surface area (Å²) >= 11 is 1.17. The molecule has 1 aromatic heterocycles. The van der Waals surface area contributed by atoms with Gasteiger partial charge in [0.2, 0.25) is 0 Å². The van der Waals surface area contributed by atoms with E-state index < -0.39 is 11.7 Å². The second kappa shape index (κ2) is 6.84. The van der Waals surface area contributed by atoms with Crippen molar-refractivity contribution in [2.45, 2.75) is 57.7 Å². The molecule has 0 unspecified atom stereocenters. The van der Waals surface area contributed by atoms with E-state index in [9.17, 15) is 14.9 Å². The molecule has 0 saturated heterocycles. The maximum absolute atomic E-state index is 11.9. The van der Waals surface area contributed by atoms with Gasteiger partial charge in [0.1, 0.15) is 5.60 Å². The normalized spacial score (nSPS) is 16.5. The predicted octanol–water partition coefficient (Wildman–Crippen LogP) is 3.19. The summed E-state index contributed by atoms with van der Waals surface area (Å²) in [5.74, 6) is 0. The summed E-state index contributed by atoms with van der Waals surface area (Å²) in [5, 5.41) is 17.1. The predicted molar refractivity (Wildman–Crippen MR) is 88.6 cm³/mol. The molecule has 1 fully saturated rings. The Morgan fingerprint density at radius 2 is 2.13 bits per heavy atom. The first kappa shape index (κ1) is 17.7. The SMILES string of the molecule is CC(C)(C)OC(=O)NC1(CNCc2ccc([N+](=O)[O-])s2)CCC1. The van der Waals surface area contributed by atoms with Crippen molar-refractivity contribution in [3.63, 3.8) is 0 Å². The second-order valence-corrected chi connectivity index (χ2v) is 8.01. The van der Waals surface area contributed by atoms with Crippen molar-refractivity contribution in [1.29, 1.82) is 0 Å². The summed E-state index contributed by atoms with van der Waals surface area (Å²) in [6.45, 7) is 6.68. The molecule has 8 heteroatoms. The highest BCUT2D eigenvalue weighted by molar-refractivity contribution is 7.15. The van der Waals surface area contributed by atoms with Crippen LogP contribution in [0.3, 0.4) is 0 Å². The zero-order valence-corrected chi connectivity index (χ0v) is 14.5. The Bertz CT molecular complexity index is 576. The molecule has 0 spiro atoms. The number of ether oxygens (including phenoxy) is 1. The fourth-order valence-electron chi connectivity index (χ4n) is 2.45. The molecule has 0 radical (unpaired) electrons. The fraction of sp³-hybridized carbons (Fsp3) is 0.667. The molecule has 7 nitrogen and oxygen atoms in total. The smallest absolute Gasteiger partial charge is 0.408 e. The highest BCUT2D eigenvalue weighted by Crippen LogP contribution is 2.32. The molecule has 0 atom stereocenters. The van der Waals surface area contributed by atoms with Crippen LogP contribution in [0.2, 0.25) is 0 Å². The van der Waals surface area contributed by atoms with Crippen LogP contribution >= 0.6 is 11.3 Å². The highest BCUT2D eigenvalue weighted by atomic mass is 32.1. The van der Waals surface area contributed by atoms with Crippen molar-refractivity contribution in [3.8, 4) is 0 Å². The number of nitro groups is 1. The summed E-state index contributed by atoms with van der Waals surface area (Å²) in [6, 6.07) is 3.27. The first-order chi connectivity index (χ1) is 10.7. The molecule has 1 aliphatic carbocycles. The Hall–Kier alpha value is -1.67. The van der Waals surface area contributed by atoms with E-state index in [1.165, 1.54) is 17.4 Å². The van der Waals surface area contributed by atoms with Gasteiger partial charge in [-0.15, -0.1) is 0 Å². The quantitative estimate of drug-likeness (QED) is 0.612. The van der Waals surface area contributed by atoms with E-state index in [4.69, 9.17) is 4.74 Å². The highest BCUT2D eigenvalue weighted by Gasteiger charge is 2.39. The largest absolute Gasteiger partial charge is 0.444 e. The van der Waals surface area contributed by atoms with Gasteiger partial charge in [-0.3, -0.25) is 10.1 Å². The molecule has 1 aromatic rings. The fourth-order valence-corrected chi connectivity index (χ4v) is 3.24. The zero-order valence-electron chi connectivity index (χ0n) is 13.7. The van der Waals surface area contributed by atoms with Crippen molar-refractivity contribution in [2.75, 3.05) is 6.54 Å². The molecule has 1 saturated carbocycles.